The van der Waals surface area contributed by atoms with E-state index in [1.807, 2.05) is 12.1 Å². The van der Waals surface area contributed by atoms with E-state index in [1.54, 1.807) is 37.4 Å². The number of amidine groups is 1. The normalized spacial score (nSPS) is 17.3. The summed E-state index contributed by atoms with van der Waals surface area (Å²) >= 11 is 7.02. The molecule has 0 radical (unpaired) electrons. The number of thioether (sulfide) groups is 1. The molecule has 156 valence electrons. The molecule has 1 unspecified atom stereocenters. The van der Waals surface area contributed by atoms with E-state index in [2.05, 4.69) is 15.5 Å². The van der Waals surface area contributed by atoms with Gasteiger partial charge in [-0.2, -0.15) is 5.10 Å². The minimum absolute atomic E-state index is 0.264. The monoisotopic (exact) mass is 447 g/mol. The van der Waals surface area contributed by atoms with Crippen LogP contribution >= 0.6 is 23.4 Å². The summed E-state index contributed by atoms with van der Waals surface area (Å²) in [6.07, 6.45) is 1.25. The summed E-state index contributed by atoms with van der Waals surface area (Å²) in [6, 6.07) is 12.5. The number of ether oxygens (including phenoxy) is 2. The summed E-state index contributed by atoms with van der Waals surface area (Å²) in [5, 5.41) is 19.4. The van der Waals surface area contributed by atoms with Crippen molar-refractivity contribution < 1.29 is 24.2 Å². The molecule has 1 atom stereocenters. The maximum atomic E-state index is 11.7. The fraction of sp³-hybridized carbons (Fsp3) is 0.200. The molecule has 2 N–H and O–H groups in total. The number of carbonyl (C=O) groups is 2. The molecule has 1 aliphatic heterocycles. The van der Waals surface area contributed by atoms with Crippen LogP contribution in [0.15, 0.2) is 52.7 Å². The van der Waals surface area contributed by atoms with E-state index in [0.29, 0.717) is 16.5 Å². The van der Waals surface area contributed by atoms with Crippen LogP contribution in [0.3, 0.4) is 0 Å². The SMILES string of the molecule is COc1ccc(C=NN=C2NC(=O)C(CC(=O)O)S2)cc1COc1cccc(Cl)c1. The molecule has 1 aliphatic rings. The fourth-order valence-corrected chi connectivity index (χ4v) is 3.70. The molecule has 1 fully saturated rings. The molecule has 2 aromatic carbocycles. The lowest BCUT2D eigenvalue weighted by Gasteiger charge is -2.11. The van der Waals surface area contributed by atoms with Gasteiger partial charge in [0.15, 0.2) is 5.17 Å². The molecule has 0 aliphatic carbocycles. The van der Waals surface area contributed by atoms with Gasteiger partial charge in [-0.3, -0.25) is 9.59 Å². The number of rotatable bonds is 8. The maximum Gasteiger partial charge on any atom is 0.305 e. The number of carboxylic acid groups (broad SMARTS) is 1. The van der Waals surface area contributed by atoms with Gasteiger partial charge in [0.25, 0.3) is 0 Å². The minimum Gasteiger partial charge on any atom is -0.496 e. The van der Waals surface area contributed by atoms with Crippen LogP contribution in [0.2, 0.25) is 5.02 Å². The second kappa shape index (κ2) is 10.1. The van der Waals surface area contributed by atoms with E-state index >= 15 is 0 Å². The molecule has 8 nitrogen and oxygen atoms in total. The smallest absolute Gasteiger partial charge is 0.305 e. The Bertz CT molecular complexity index is 1010. The van der Waals surface area contributed by atoms with Crippen molar-refractivity contribution in [1.82, 2.24) is 5.32 Å². The number of amides is 1. The summed E-state index contributed by atoms with van der Waals surface area (Å²) in [5.74, 6) is -0.130. The van der Waals surface area contributed by atoms with Gasteiger partial charge in [0.05, 0.1) is 19.7 Å². The van der Waals surface area contributed by atoms with Gasteiger partial charge in [-0.25, -0.2) is 0 Å². The maximum absolute atomic E-state index is 11.7. The lowest BCUT2D eigenvalue weighted by Crippen LogP contribution is -2.26. The molecule has 0 bridgehead atoms. The Hall–Kier alpha value is -3.04. The zero-order chi connectivity index (χ0) is 21.5. The average Bonchev–Trinajstić information content (AvgIpc) is 3.05. The molecule has 0 aromatic heterocycles. The van der Waals surface area contributed by atoms with Gasteiger partial charge in [0.2, 0.25) is 5.91 Å². The van der Waals surface area contributed by atoms with Crippen molar-refractivity contribution in [3.05, 3.63) is 58.6 Å². The van der Waals surface area contributed by atoms with Crippen LogP contribution in [0.4, 0.5) is 0 Å². The van der Waals surface area contributed by atoms with Crippen LogP contribution in [-0.2, 0) is 16.2 Å². The summed E-state index contributed by atoms with van der Waals surface area (Å²) < 4.78 is 11.2. The number of carboxylic acids is 1. The highest BCUT2D eigenvalue weighted by atomic mass is 35.5. The number of benzene rings is 2. The predicted octanol–water partition coefficient (Wildman–Crippen LogP) is 3.32. The summed E-state index contributed by atoms with van der Waals surface area (Å²) in [6.45, 7) is 0.266. The number of nitrogens with zero attached hydrogens (tertiary/aromatic N) is 2. The van der Waals surface area contributed by atoms with Gasteiger partial charge >= 0.3 is 5.97 Å². The number of methoxy groups -OCH3 is 1. The van der Waals surface area contributed by atoms with Gasteiger partial charge in [-0.15, -0.1) is 5.10 Å². The molecular weight excluding hydrogens is 430 g/mol. The molecule has 10 heteroatoms. The zero-order valence-electron chi connectivity index (χ0n) is 15.9. The van der Waals surface area contributed by atoms with Gasteiger partial charge in [-0.1, -0.05) is 29.4 Å². The van der Waals surface area contributed by atoms with Crippen molar-refractivity contribution in [3.63, 3.8) is 0 Å². The number of carbonyl (C=O) groups excluding carboxylic acids is 1. The molecular formula is C20H18ClN3O5S. The number of halogens is 1. The minimum atomic E-state index is -1.04. The Morgan fingerprint density at radius 2 is 2.17 bits per heavy atom. The van der Waals surface area contributed by atoms with Crippen molar-refractivity contribution in [1.29, 1.82) is 0 Å². The van der Waals surface area contributed by atoms with E-state index in [9.17, 15) is 9.59 Å². The Morgan fingerprint density at radius 1 is 1.33 bits per heavy atom. The first-order valence-electron chi connectivity index (χ1n) is 8.80. The van der Waals surface area contributed by atoms with Crippen molar-refractivity contribution in [2.75, 3.05) is 7.11 Å². The predicted molar refractivity (Wildman–Crippen MR) is 116 cm³/mol. The van der Waals surface area contributed by atoms with Crippen LogP contribution in [0.25, 0.3) is 0 Å². The first kappa shape index (κ1) is 21.7. The lowest BCUT2D eigenvalue weighted by molar-refractivity contribution is -0.138. The quantitative estimate of drug-likeness (QED) is 0.474. The largest absolute Gasteiger partial charge is 0.496 e. The molecule has 0 spiro atoms. The van der Waals surface area contributed by atoms with Crippen LogP contribution in [0.5, 0.6) is 11.5 Å². The van der Waals surface area contributed by atoms with E-state index < -0.39 is 11.2 Å². The first-order chi connectivity index (χ1) is 14.4. The number of aliphatic carboxylic acids is 1. The van der Waals surface area contributed by atoms with E-state index in [1.165, 1.54) is 6.21 Å². The van der Waals surface area contributed by atoms with E-state index in [4.69, 9.17) is 26.2 Å². The Labute approximate surface area is 181 Å². The van der Waals surface area contributed by atoms with Crippen molar-refractivity contribution in [2.45, 2.75) is 18.3 Å². The summed E-state index contributed by atoms with van der Waals surface area (Å²) in [5.41, 5.74) is 1.56. The molecule has 1 amide bonds. The molecule has 0 saturated carbocycles. The second-order valence-corrected chi connectivity index (χ2v) is 7.79. The highest BCUT2D eigenvalue weighted by molar-refractivity contribution is 8.15. The second-order valence-electron chi connectivity index (χ2n) is 6.16. The van der Waals surface area contributed by atoms with Crippen LogP contribution in [0, 0.1) is 0 Å². The number of hydrogen-bond donors (Lipinski definition) is 2. The van der Waals surface area contributed by atoms with Crippen LogP contribution in [0.1, 0.15) is 17.5 Å². The van der Waals surface area contributed by atoms with E-state index in [0.717, 1.165) is 22.9 Å². The topological polar surface area (TPSA) is 110 Å². The third-order valence-electron chi connectivity index (χ3n) is 3.99. The Morgan fingerprint density at radius 3 is 2.90 bits per heavy atom. The highest BCUT2D eigenvalue weighted by Crippen LogP contribution is 2.24. The first-order valence-corrected chi connectivity index (χ1v) is 10.1. The summed E-state index contributed by atoms with van der Waals surface area (Å²) in [7, 11) is 1.57. The third-order valence-corrected chi connectivity index (χ3v) is 5.29. The van der Waals surface area contributed by atoms with Crippen molar-refractivity contribution in [3.8, 4) is 11.5 Å². The van der Waals surface area contributed by atoms with Crippen molar-refractivity contribution in [2.24, 2.45) is 10.2 Å². The van der Waals surface area contributed by atoms with Crippen LogP contribution in [-0.4, -0.2) is 40.7 Å². The lowest BCUT2D eigenvalue weighted by atomic mass is 10.1. The standard InChI is InChI=1S/C20H18ClN3O5S/c1-28-16-6-5-12(7-13(16)11-29-15-4-2-3-14(21)8-15)10-22-24-20-23-19(27)17(30-20)9-18(25)26/h2-8,10,17H,9,11H2,1H3,(H,25,26)(H,23,24,27). The third kappa shape index (κ3) is 5.98. The summed E-state index contributed by atoms with van der Waals surface area (Å²) in [4.78, 5) is 22.5. The van der Waals surface area contributed by atoms with Gasteiger partial charge < -0.3 is 19.9 Å². The van der Waals surface area contributed by atoms with Crippen molar-refractivity contribution >= 4 is 46.6 Å². The number of hydrogen-bond acceptors (Lipinski definition) is 7. The zero-order valence-corrected chi connectivity index (χ0v) is 17.4. The molecule has 1 saturated heterocycles. The fourth-order valence-electron chi connectivity index (χ4n) is 2.60. The average molecular weight is 448 g/mol. The molecule has 2 aromatic rings. The van der Waals surface area contributed by atoms with Gasteiger partial charge in [-0.05, 0) is 42.0 Å². The Kier molecular flexibility index (Phi) is 7.31. The van der Waals surface area contributed by atoms with Gasteiger partial charge in [0, 0.05) is 10.6 Å². The van der Waals surface area contributed by atoms with Crippen LogP contribution < -0.4 is 14.8 Å². The van der Waals surface area contributed by atoms with E-state index in [-0.39, 0.29) is 24.1 Å². The Balaban J connectivity index is 1.67. The highest BCUT2D eigenvalue weighted by Gasteiger charge is 2.32. The molecule has 1 heterocycles. The molecule has 3 rings (SSSR count). The van der Waals surface area contributed by atoms with Gasteiger partial charge in [0.1, 0.15) is 23.4 Å². The number of nitrogens with one attached hydrogen (secondary N) is 1. The molecule has 30 heavy (non-hydrogen) atoms.